The lowest BCUT2D eigenvalue weighted by Gasteiger charge is -2.25. The van der Waals surface area contributed by atoms with Crippen LogP contribution in [0.15, 0.2) is 30.5 Å². The molecule has 3 rings (SSSR count). The third-order valence-corrected chi connectivity index (χ3v) is 4.06. The minimum atomic E-state index is -0.339. The first-order valence-electron chi connectivity index (χ1n) is 7.36. The molecule has 1 aliphatic heterocycles. The second kappa shape index (κ2) is 5.69. The summed E-state index contributed by atoms with van der Waals surface area (Å²) in [5, 5.41) is 11.9. The van der Waals surface area contributed by atoms with E-state index in [0.717, 1.165) is 42.5 Å². The fourth-order valence-electron chi connectivity index (χ4n) is 2.96. The van der Waals surface area contributed by atoms with E-state index in [9.17, 15) is 10.1 Å². The molecule has 1 aromatic carbocycles. The van der Waals surface area contributed by atoms with Gasteiger partial charge in [0, 0.05) is 47.9 Å². The third-order valence-electron chi connectivity index (χ3n) is 4.06. The summed E-state index contributed by atoms with van der Waals surface area (Å²) in [5.41, 5.74) is 3.49. The summed E-state index contributed by atoms with van der Waals surface area (Å²) < 4.78 is 0. The summed E-state index contributed by atoms with van der Waals surface area (Å²) in [6, 6.07) is 4.99. The van der Waals surface area contributed by atoms with Crippen LogP contribution in [0.4, 0.5) is 5.69 Å². The maximum Gasteiger partial charge on any atom is 0.270 e. The molecule has 1 aliphatic rings. The van der Waals surface area contributed by atoms with Crippen LogP contribution in [0, 0.1) is 10.1 Å². The topological polar surface area (TPSA) is 62.2 Å². The SMILES string of the molecule is CCCN1CC=C(c2c[nH]c3ccc([N+](=O)[O-])cc23)CC1. The Morgan fingerprint density at radius 3 is 2.95 bits per heavy atom. The molecule has 0 aliphatic carbocycles. The molecule has 5 heteroatoms. The van der Waals surface area contributed by atoms with Gasteiger partial charge >= 0.3 is 0 Å². The normalized spacial score (nSPS) is 16.1. The van der Waals surface area contributed by atoms with Crippen molar-refractivity contribution in [2.45, 2.75) is 19.8 Å². The maximum absolute atomic E-state index is 10.9. The van der Waals surface area contributed by atoms with Gasteiger partial charge in [-0.1, -0.05) is 13.0 Å². The molecule has 0 fully saturated rings. The fraction of sp³-hybridized carbons (Fsp3) is 0.375. The van der Waals surface area contributed by atoms with Crippen molar-refractivity contribution in [2.75, 3.05) is 19.6 Å². The average molecular weight is 285 g/mol. The number of benzene rings is 1. The van der Waals surface area contributed by atoms with Gasteiger partial charge in [-0.25, -0.2) is 0 Å². The smallest absolute Gasteiger partial charge is 0.270 e. The van der Waals surface area contributed by atoms with Gasteiger partial charge < -0.3 is 4.98 Å². The third kappa shape index (κ3) is 2.69. The number of aromatic amines is 1. The van der Waals surface area contributed by atoms with E-state index in [1.54, 1.807) is 18.2 Å². The molecule has 0 bridgehead atoms. The number of nitrogens with one attached hydrogen (secondary N) is 1. The van der Waals surface area contributed by atoms with Gasteiger partial charge in [0.15, 0.2) is 0 Å². The molecule has 0 amide bonds. The van der Waals surface area contributed by atoms with E-state index < -0.39 is 0 Å². The number of nitro groups is 1. The zero-order chi connectivity index (χ0) is 14.8. The van der Waals surface area contributed by atoms with Crippen LogP contribution in [0.2, 0.25) is 0 Å². The number of nitrogens with zero attached hydrogens (tertiary/aromatic N) is 2. The zero-order valence-corrected chi connectivity index (χ0v) is 12.1. The molecule has 0 spiro atoms. The minimum absolute atomic E-state index is 0.146. The Hall–Kier alpha value is -2.14. The predicted octanol–water partition coefficient (Wildman–Crippen LogP) is 3.58. The molecule has 0 saturated heterocycles. The molecule has 0 unspecified atom stereocenters. The van der Waals surface area contributed by atoms with Crippen molar-refractivity contribution in [2.24, 2.45) is 0 Å². The highest BCUT2D eigenvalue weighted by molar-refractivity contribution is 5.94. The number of aromatic nitrogens is 1. The minimum Gasteiger partial charge on any atom is -0.361 e. The first-order chi connectivity index (χ1) is 10.2. The van der Waals surface area contributed by atoms with Crippen LogP contribution < -0.4 is 0 Å². The van der Waals surface area contributed by atoms with Crippen LogP contribution in [-0.4, -0.2) is 34.4 Å². The van der Waals surface area contributed by atoms with Crippen LogP contribution in [0.25, 0.3) is 16.5 Å². The molecule has 110 valence electrons. The van der Waals surface area contributed by atoms with Gasteiger partial charge in [0.1, 0.15) is 0 Å². The summed E-state index contributed by atoms with van der Waals surface area (Å²) in [5.74, 6) is 0. The number of H-pyrrole nitrogens is 1. The quantitative estimate of drug-likeness (QED) is 0.690. The van der Waals surface area contributed by atoms with Crippen LogP contribution in [-0.2, 0) is 0 Å². The van der Waals surface area contributed by atoms with Crippen molar-refractivity contribution in [1.82, 2.24) is 9.88 Å². The summed E-state index contributed by atoms with van der Waals surface area (Å²) in [6.07, 6.45) is 6.38. The molecule has 2 aromatic rings. The lowest BCUT2D eigenvalue weighted by Crippen LogP contribution is -2.29. The molecular formula is C16H19N3O2. The summed E-state index contributed by atoms with van der Waals surface area (Å²) in [7, 11) is 0. The summed E-state index contributed by atoms with van der Waals surface area (Å²) in [4.78, 5) is 16.2. The Bertz CT molecular complexity index is 703. The zero-order valence-electron chi connectivity index (χ0n) is 12.1. The van der Waals surface area contributed by atoms with Gasteiger partial charge in [0.2, 0.25) is 0 Å². The van der Waals surface area contributed by atoms with Gasteiger partial charge in [0.25, 0.3) is 5.69 Å². The molecule has 0 saturated carbocycles. The fourth-order valence-corrected chi connectivity index (χ4v) is 2.96. The summed E-state index contributed by atoms with van der Waals surface area (Å²) in [6.45, 7) is 5.34. The van der Waals surface area contributed by atoms with Crippen molar-refractivity contribution in [3.8, 4) is 0 Å². The van der Waals surface area contributed by atoms with Gasteiger partial charge in [0.05, 0.1) is 4.92 Å². The lowest BCUT2D eigenvalue weighted by atomic mass is 9.98. The highest BCUT2D eigenvalue weighted by atomic mass is 16.6. The first-order valence-corrected chi connectivity index (χ1v) is 7.36. The standard InChI is InChI=1S/C16H19N3O2/c1-2-7-18-8-5-12(6-9-18)15-11-17-16-4-3-13(19(20)21)10-14(15)16/h3-5,10-11,17H,2,6-9H2,1H3. The molecule has 5 nitrogen and oxygen atoms in total. The molecular weight excluding hydrogens is 266 g/mol. The highest BCUT2D eigenvalue weighted by Crippen LogP contribution is 2.31. The van der Waals surface area contributed by atoms with Crippen molar-refractivity contribution in [3.05, 3.63) is 46.1 Å². The number of rotatable bonds is 4. The number of fused-ring (bicyclic) bond motifs is 1. The van der Waals surface area contributed by atoms with Gasteiger partial charge in [-0.15, -0.1) is 0 Å². The molecule has 2 heterocycles. The largest absolute Gasteiger partial charge is 0.361 e. The van der Waals surface area contributed by atoms with Gasteiger partial charge in [-0.2, -0.15) is 0 Å². The second-order valence-electron chi connectivity index (χ2n) is 5.47. The van der Waals surface area contributed by atoms with Crippen LogP contribution >= 0.6 is 0 Å². The predicted molar refractivity (Wildman–Crippen MR) is 84.3 cm³/mol. The Morgan fingerprint density at radius 1 is 1.43 bits per heavy atom. The summed E-state index contributed by atoms with van der Waals surface area (Å²) >= 11 is 0. The van der Waals surface area contributed by atoms with E-state index in [1.807, 2.05) is 6.20 Å². The maximum atomic E-state index is 10.9. The van der Waals surface area contributed by atoms with Crippen LogP contribution in [0.5, 0.6) is 0 Å². The second-order valence-corrected chi connectivity index (χ2v) is 5.47. The van der Waals surface area contributed by atoms with Crippen LogP contribution in [0.1, 0.15) is 25.3 Å². The van der Waals surface area contributed by atoms with E-state index >= 15 is 0 Å². The van der Waals surface area contributed by atoms with Crippen molar-refractivity contribution < 1.29 is 4.92 Å². The molecule has 21 heavy (non-hydrogen) atoms. The van der Waals surface area contributed by atoms with E-state index in [2.05, 4.69) is 22.9 Å². The van der Waals surface area contributed by atoms with Crippen molar-refractivity contribution >= 4 is 22.2 Å². The molecule has 0 atom stereocenters. The van der Waals surface area contributed by atoms with Crippen LogP contribution in [0.3, 0.4) is 0 Å². The van der Waals surface area contributed by atoms with Crippen molar-refractivity contribution in [3.63, 3.8) is 0 Å². The van der Waals surface area contributed by atoms with Gasteiger partial charge in [-0.3, -0.25) is 15.0 Å². The van der Waals surface area contributed by atoms with E-state index in [-0.39, 0.29) is 10.6 Å². The Balaban J connectivity index is 1.94. The van der Waals surface area contributed by atoms with E-state index in [1.165, 1.54) is 12.0 Å². The van der Waals surface area contributed by atoms with Crippen molar-refractivity contribution in [1.29, 1.82) is 0 Å². The first kappa shape index (κ1) is 13.8. The number of non-ortho nitro benzene ring substituents is 1. The lowest BCUT2D eigenvalue weighted by molar-refractivity contribution is -0.384. The Kier molecular flexibility index (Phi) is 3.75. The average Bonchev–Trinajstić information content (AvgIpc) is 2.91. The highest BCUT2D eigenvalue weighted by Gasteiger charge is 2.16. The Morgan fingerprint density at radius 2 is 2.29 bits per heavy atom. The molecule has 0 radical (unpaired) electrons. The van der Waals surface area contributed by atoms with E-state index in [4.69, 9.17) is 0 Å². The Labute approximate surface area is 123 Å². The monoisotopic (exact) mass is 285 g/mol. The number of hydrogen-bond donors (Lipinski definition) is 1. The van der Waals surface area contributed by atoms with E-state index in [0.29, 0.717) is 0 Å². The number of hydrogen-bond acceptors (Lipinski definition) is 3. The molecule has 1 N–H and O–H groups in total. The van der Waals surface area contributed by atoms with Gasteiger partial charge in [-0.05, 0) is 31.0 Å². The number of nitro benzene ring substituents is 1. The molecule has 1 aromatic heterocycles.